The summed E-state index contributed by atoms with van der Waals surface area (Å²) in [5.41, 5.74) is 5.04. The number of rotatable bonds is 11. The molecular formula is C32H35N5O5. The lowest BCUT2D eigenvalue weighted by molar-refractivity contribution is -0.384. The minimum Gasteiger partial charge on any atom is -0.486 e. The number of ketones is 1. The number of nitrogens with zero attached hydrogens (tertiary/aromatic N) is 3. The highest BCUT2D eigenvalue weighted by molar-refractivity contribution is 5.99. The average molecular weight is 570 g/mol. The second-order valence-electron chi connectivity index (χ2n) is 11.1. The van der Waals surface area contributed by atoms with Crippen LogP contribution in [0.3, 0.4) is 0 Å². The summed E-state index contributed by atoms with van der Waals surface area (Å²) in [4.78, 5) is 31.4. The number of para-hydroxylation sites is 1. The third-order valence-electron chi connectivity index (χ3n) is 8.21. The van der Waals surface area contributed by atoms with Crippen LogP contribution in [0.5, 0.6) is 11.5 Å². The number of ether oxygens (including phenoxy) is 2. The van der Waals surface area contributed by atoms with Crippen molar-refractivity contribution in [2.45, 2.75) is 38.3 Å². The van der Waals surface area contributed by atoms with Gasteiger partial charge in [0.15, 0.2) is 17.3 Å². The Morgan fingerprint density at radius 3 is 2.79 bits per heavy atom. The Morgan fingerprint density at radius 1 is 1.10 bits per heavy atom. The first-order chi connectivity index (χ1) is 20.4. The van der Waals surface area contributed by atoms with Gasteiger partial charge in [0.05, 0.1) is 17.2 Å². The van der Waals surface area contributed by atoms with Crippen LogP contribution in [0.2, 0.25) is 0 Å². The molecule has 2 atom stereocenters. The van der Waals surface area contributed by atoms with Crippen LogP contribution in [0.15, 0.2) is 65.7 Å². The molecular weight excluding hydrogens is 534 g/mol. The lowest BCUT2D eigenvalue weighted by Crippen LogP contribution is -2.36. The number of hydrogen-bond acceptors (Lipinski definition) is 9. The van der Waals surface area contributed by atoms with Gasteiger partial charge in [-0.05, 0) is 61.2 Å². The first-order valence-corrected chi connectivity index (χ1v) is 14.5. The van der Waals surface area contributed by atoms with Crippen molar-refractivity contribution in [1.29, 1.82) is 0 Å². The van der Waals surface area contributed by atoms with Gasteiger partial charge < -0.3 is 20.1 Å². The van der Waals surface area contributed by atoms with E-state index in [1.807, 2.05) is 37.3 Å². The Hall–Kier alpha value is -4.28. The SMILES string of the molecule is CC1=Nc2ccccc2C1CCNc1ccc(C(=O)CNC2CCN(Cc3ccc4c(c3)OCCO4)C2)cc1[N+](=O)[O-]. The zero-order chi connectivity index (χ0) is 29.1. The lowest BCUT2D eigenvalue weighted by atomic mass is 9.93. The molecule has 218 valence electrons. The summed E-state index contributed by atoms with van der Waals surface area (Å²) in [5.74, 6) is 1.60. The second kappa shape index (κ2) is 12.3. The van der Waals surface area contributed by atoms with Gasteiger partial charge in [-0.25, -0.2) is 0 Å². The van der Waals surface area contributed by atoms with Crippen molar-refractivity contribution < 1.29 is 19.2 Å². The molecule has 42 heavy (non-hydrogen) atoms. The van der Waals surface area contributed by atoms with E-state index < -0.39 is 4.92 Å². The van der Waals surface area contributed by atoms with E-state index in [9.17, 15) is 14.9 Å². The summed E-state index contributed by atoms with van der Waals surface area (Å²) in [5, 5.41) is 18.4. The highest BCUT2D eigenvalue weighted by Gasteiger charge is 2.26. The van der Waals surface area contributed by atoms with Crippen molar-refractivity contribution in [1.82, 2.24) is 10.2 Å². The fourth-order valence-corrected chi connectivity index (χ4v) is 6.02. The van der Waals surface area contributed by atoms with Crippen LogP contribution in [-0.4, -0.2) is 66.8 Å². The smallest absolute Gasteiger partial charge is 0.293 e. The van der Waals surface area contributed by atoms with Crippen LogP contribution in [0.1, 0.15) is 47.2 Å². The largest absolute Gasteiger partial charge is 0.486 e. The molecule has 0 amide bonds. The first-order valence-electron chi connectivity index (χ1n) is 14.5. The molecule has 6 rings (SSSR count). The number of likely N-dealkylation sites (tertiary alicyclic amines) is 1. The normalized spacial score (nSPS) is 19.3. The molecule has 3 aromatic rings. The second-order valence-corrected chi connectivity index (χ2v) is 11.1. The summed E-state index contributed by atoms with van der Waals surface area (Å²) in [6.45, 7) is 6.37. The van der Waals surface area contributed by atoms with Gasteiger partial charge in [-0.15, -0.1) is 0 Å². The first kappa shape index (κ1) is 27.9. The number of nitro groups is 1. The van der Waals surface area contributed by atoms with Crippen molar-refractivity contribution in [3.05, 3.63) is 87.5 Å². The zero-order valence-electron chi connectivity index (χ0n) is 23.7. The van der Waals surface area contributed by atoms with Crippen molar-refractivity contribution in [2.75, 3.05) is 44.7 Å². The van der Waals surface area contributed by atoms with Crippen LogP contribution in [-0.2, 0) is 6.54 Å². The van der Waals surface area contributed by atoms with Gasteiger partial charge in [0, 0.05) is 55.5 Å². The van der Waals surface area contributed by atoms with Crippen LogP contribution in [0.25, 0.3) is 0 Å². The quantitative estimate of drug-likeness (QED) is 0.186. The highest BCUT2D eigenvalue weighted by atomic mass is 16.6. The predicted octanol–water partition coefficient (Wildman–Crippen LogP) is 5.10. The molecule has 0 bridgehead atoms. The van der Waals surface area contributed by atoms with E-state index in [4.69, 9.17) is 9.47 Å². The standard InChI is InChI=1S/C32H35N5O5/c1-21-25(26-4-2-3-5-27(26)35-21)10-12-33-28-8-7-23(17-29(28)37(39)40)30(38)18-34-24-11-13-36(20-24)19-22-6-9-31-32(16-22)42-15-14-41-31/h2-9,16-17,24-25,33-34H,10-15,18-20H2,1H3. The number of anilines is 1. The third kappa shape index (κ3) is 6.14. The van der Waals surface area contributed by atoms with Gasteiger partial charge in [-0.3, -0.25) is 24.8 Å². The Balaban J connectivity index is 1.000. The minimum atomic E-state index is -0.434. The van der Waals surface area contributed by atoms with Gasteiger partial charge in [0.1, 0.15) is 18.9 Å². The molecule has 0 spiro atoms. The summed E-state index contributed by atoms with van der Waals surface area (Å²) >= 11 is 0. The van der Waals surface area contributed by atoms with Crippen LogP contribution in [0, 0.1) is 10.1 Å². The maximum atomic E-state index is 13.0. The molecule has 3 aliphatic rings. The molecule has 0 radical (unpaired) electrons. The molecule has 0 aromatic heterocycles. The maximum Gasteiger partial charge on any atom is 0.293 e. The number of benzene rings is 3. The summed E-state index contributed by atoms with van der Waals surface area (Å²) in [6.07, 6.45) is 1.69. The molecule has 10 nitrogen and oxygen atoms in total. The maximum absolute atomic E-state index is 13.0. The van der Waals surface area contributed by atoms with Crippen molar-refractivity contribution in [3.63, 3.8) is 0 Å². The number of carbonyl (C=O) groups excluding carboxylic acids is 1. The highest BCUT2D eigenvalue weighted by Crippen LogP contribution is 2.37. The molecule has 10 heteroatoms. The predicted molar refractivity (Wildman–Crippen MR) is 162 cm³/mol. The zero-order valence-corrected chi connectivity index (χ0v) is 23.7. The Labute approximate surface area is 244 Å². The molecule has 1 fully saturated rings. The van der Waals surface area contributed by atoms with Crippen molar-refractivity contribution >= 4 is 28.6 Å². The lowest BCUT2D eigenvalue weighted by Gasteiger charge is -2.21. The van der Waals surface area contributed by atoms with E-state index in [-0.39, 0.29) is 30.0 Å². The fourth-order valence-electron chi connectivity index (χ4n) is 6.02. The molecule has 3 aromatic carbocycles. The molecule has 3 heterocycles. The number of aliphatic imine (C=N–C) groups is 1. The number of Topliss-reactive ketones (excluding diaryl/α,β-unsaturated/α-hetero) is 1. The number of nitro benzene ring substituents is 1. The van der Waals surface area contributed by atoms with E-state index in [0.29, 0.717) is 31.0 Å². The van der Waals surface area contributed by atoms with Crippen molar-refractivity contribution in [3.8, 4) is 11.5 Å². The van der Waals surface area contributed by atoms with Gasteiger partial charge >= 0.3 is 0 Å². The molecule has 1 saturated heterocycles. The molecule has 0 aliphatic carbocycles. The molecule has 0 saturated carbocycles. The summed E-state index contributed by atoms with van der Waals surface area (Å²) < 4.78 is 11.3. The number of fused-ring (bicyclic) bond motifs is 2. The van der Waals surface area contributed by atoms with Crippen LogP contribution >= 0.6 is 0 Å². The van der Waals surface area contributed by atoms with Gasteiger partial charge in [0.25, 0.3) is 5.69 Å². The van der Waals surface area contributed by atoms with E-state index in [1.54, 1.807) is 12.1 Å². The molecule has 2 N–H and O–H groups in total. The van der Waals surface area contributed by atoms with E-state index in [0.717, 1.165) is 60.9 Å². The summed E-state index contributed by atoms with van der Waals surface area (Å²) in [6, 6.07) is 19.0. The number of hydrogen-bond donors (Lipinski definition) is 2. The average Bonchev–Trinajstić information content (AvgIpc) is 3.58. The van der Waals surface area contributed by atoms with Crippen LogP contribution in [0.4, 0.5) is 17.1 Å². The van der Waals surface area contributed by atoms with Crippen molar-refractivity contribution in [2.24, 2.45) is 4.99 Å². The number of nitrogens with one attached hydrogen (secondary N) is 2. The van der Waals surface area contributed by atoms with Crippen LogP contribution < -0.4 is 20.1 Å². The van der Waals surface area contributed by atoms with Gasteiger partial charge in [0.2, 0.25) is 0 Å². The van der Waals surface area contributed by atoms with Gasteiger partial charge in [-0.1, -0.05) is 24.3 Å². The Morgan fingerprint density at radius 2 is 1.93 bits per heavy atom. The molecule has 2 unspecified atom stereocenters. The van der Waals surface area contributed by atoms with Gasteiger partial charge in [-0.2, -0.15) is 0 Å². The topological polar surface area (TPSA) is 118 Å². The number of carbonyl (C=O) groups is 1. The Kier molecular flexibility index (Phi) is 8.16. The van der Waals surface area contributed by atoms with E-state index in [1.165, 1.54) is 11.6 Å². The Bertz CT molecular complexity index is 1520. The third-order valence-corrected chi connectivity index (χ3v) is 8.21. The monoisotopic (exact) mass is 569 g/mol. The minimum absolute atomic E-state index is 0.0930. The van der Waals surface area contributed by atoms with E-state index >= 15 is 0 Å². The van der Waals surface area contributed by atoms with E-state index in [2.05, 4.69) is 32.7 Å². The summed E-state index contributed by atoms with van der Waals surface area (Å²) in [7, 11) is 0. The fraction of sp³-hybridized carbons (Fsp3) is 0.375. The molecule has 3 aliphatic heterocycles.